The topological polar surface area (TPSA) is 53.1 Å². The third kappa shape index (κ3) is 2.90. The van der Waals surface area contributed by atoms with Crippen molar-refractivity contribution in [3.63, 3.8) is 0 Å². The molecule has 2 aliphatic rings. The van der Waals surface area contributed by atoms with Crippen molar-refractivity contribution in [2.24, 2.45) is 11.7 Å². The molecule has 2 heterocycles. The van der Waals surface area contributed by atoms with Gasteiger partial charge in [0.1, 0.15) is 0 Å². The first-order valence-corrected chi connectivity index (χ1v) is 8.81. The van der Waals surface area contributed by atoms with E-state index in [2.05, 4.69) is 28.2 Å². The maximum atomic E-state index is 6.46. The van der Waals surface area contributed by atoms with Crippen molar-refractivity contribution in [2.75, 3.05) is 19.0 Å². The quantitative estimate of drug-likeness (QED) is 0.907. The molecular formula is C15H25N3OS. The first-order chi connectivity index (χ1) is 9.79. The molecule has 0 bridgehead atoms. The van der Waals surface area contributed by atoms with Gasteiger partial charge in [-0.1, -0.05) is 6.92 Å². The Hall–Kier alpha value is -0.520. The zero-order valence-electron chi connectivity index (χ0n) is 12.2. The molecule has 1 aliphatic heterocycles. The molecule has 0 aromatic carbocycles. The van der Waals surface area contributed by atoms with Gasteiger partial charge < -0.3 is 15.0 Å². The minimum absolute atomic E-state index is 0.0675. The molecule has 2 N–H and O–H groups in total. The smallest absolute Gasteiger partial charge is 0.0951 e. The molecule has 1 aromatic heterocycles. The van der Waals surface area contributed by atoms with E-state index in [1.807, 2.05) is 12.5 Å². The van der Waals surface area contributed by atoms with Gasteiger partial charge in [-0.05, 0) is 31.4 Å². The highest BCUT2D eigenvalue weighted by molar-refractivity contribution is 7.99. The number of hydrogen-bond donors (Lipinski definition) is 1. The van der Waals surface area contributed by atoms with Gasteiger partial charge in [-0.2, -0.15) is 11.8 Å². The van der Waals surface area contributed by atoms with Crippen LogP contribution in [0.1, 0.15) is 50.4 Å². The van der Waals surface area contributed by atoms with E-state index in [-0.39, 0.29) is 6.04 Å². The van der Waals surface area contributed by atoms with E-state index in [4.69, 9.17) is 10.5 Å². The molecule has 4 atom stereocenters. The molecule has 112 valence electrons. The van der Waals surface area contributed by atoms with Crippen molar-refractivity contribution in [3.8, 4) is 0 Å². The maximum absolute atomic E-state index is 6.46. The van der Waals surface area contributed by atoms with E-state index in [0.29, 0.717) is 12.0 Å². The van der Waals surface area contributed by atoms with Crippen LogP contribution in [0.25, 0.3) is 0 Å². The summed E-state index contributed by atoms with van der Waals surface area (Å²) in [4.78, 5) is 4.37. The predicted octanol–water partition coefficient (Wildman–Crippen LogP) is 2.77. The van der Waals surface area contributed by atoms with Crippen LogP contribution >= 0.6 is 11.8 Å². The lowest BCUT2D eigenvalue weighted by Crippen LogP contribution is -2.25. The van der Waals surface area contributed by atoms with Crippen molar-refractivity contribution >= 4 is 11.8 Å². The Morgan fingerprint density at radius 3 is 3.15 bits per heavy atom. The lowest BCUT2D eigenvalue weighted by atomic mass is 9.97. The zero-order chi connectivity index (χ0) is 13.9. The summed E-state index contributed by atoms with van der Waals surface area (Å²) < 4.78 is 7.82. The average Bonchev–Trinajstić information content (AvgIpc) is 3.19. The van der Waals surface area contributed by atoms with E-state index in [9.17, 15) is 0 Å². The zero-order valence-corrected chi connectivity index (χ0v) is 13.0. The van der Waals surface area contributed by atoms with E-state index >= 15 is 0 Å². The van der Waals surface area contributed by atoms with Crippen LogP contribution in [0.5, 0.6) is 0 Å². The first-order valence-electron chi connectivity index (χ1n) is 7.76. The molecule has 0 radical (unpaired) electrons. The minimum Gasteiger partial charge on any atom is -0.381 e. The number of aromatic nitrogens is 2. The summed E-state index contributed by atoms with van der Waals surface area (Å²) in [5.74, 6) is 1.67. The number of nitrogens with zero attached hydrogens (tertiary/aromatic N) is 2. The molecule has 1 saturated carbocycles. The number of ether oxygens (including phenoxy) is 1. The lowest BCUT2D eigenvalue weighted by Gasteiger charge is -2.23. The molecule has 1 saturated heterocycles. The minimum atomic E-state index is 0.0675. The molecule has 2 fully saturated rings. The van der Waals surface area contributed by atoms with Gasteiger partial charge in [0, 0.05) is 30.0 Å². The summed E-state index contributed by atoms with van der Waals surface area (Å²) in [6.45, 7) is 3.90. The Morgan fingerprint density at radius 2 is 2.40 bits per heavy atom. The second kappa shape index (κ2) is 6.50. The van der Waals surface area contributed by atoms with Crippen molar-refractivity contribution in [3.05, 3.63) is 18.2 Å². The third-order valence-corrected chi connectivity index (χ3v) is 5.90. The second-order valence-corrected chi connectivity index (χ2v) is 7.50. The summed E-state index contributed by atoms with van der Waals surface area (Å²) in [6.07, 6.45) is 8.86. The van der Waals surface area contributed by atoms with Crippen LogP contribution in [0, 0.1) is 5.92 Å². The normalized spacial score (nSPS) is 31.8. The molecular weight excluding hydrogens is 270 g/mol. The van der Waals surface area contributed by atoms with Crippen molar-refractivity contribution in [2.45, 2.75) is 49.9 Å². The van der Waals surface area contributed by atoms with Gasteiger partial charge >= 0.3 is 0 Å². The molecule has 4 unspecified atom stereocenters. The largest absolute Gasteiger partial charge is 0.381 e. The SMILES string of the molecule is CCSC1CCC(n2cncc2C(N)C2CCOC2)C1. The summed E-state index contributed by atoms with van der Waals surface area (Å²) >= 11 is 2.09. The highest BCUT2D eigenvalue weighted by Crippen LogP contribution is 2.39. The third-order valence-electron chi connectivity index (χ3n) is 4.66. The summed E-state index contributed by atoms with van der Waals surface area (Å²) in [7, 11) is 0. The molecule has 1 aliphatic carbocycles. The Kier molecular flexibility index (Phi) is 4.68. The summed E-state index contributed by atoms with van der Waals surface area (Å²) in [6, 6.07) is 0.655. The number of nitrogens with two attached hydrogens (primary N) is 1. The fourth-order valence-electron chi connectivity index (χ4n) is 3.51. The van der Waals surface area contributed by atoms with Crippen LogP contribution < -0.4 is 5.73 Å². The Balaban J connectivity index is 1.70. The molecule has 4 nitrogen and oxygen atoms in total. The Labute approximate surface area is 125 Å². The van der Waals surface area contributed by atoms with E-state index < -0.39 is 0 Å². The number of rotatable bonds is 5. The monoisotopic (exact) mass is 295 g/mol. The van der Waals surface area contributed by atoms with Gasteiger partial charge in [-0.25, -0.2) is 4.98 Å². The first kappa shape index (κ1) is 14.4. The average molecular weight is 295 g/mol. The number of thioether (sulfide) groups is 1. The standard InChI is InChI=1S/C15H25N3OS/c1-2-20-13-4-3-12(7-13)18-10-17-8-14(18)15(16)11-5-6-19-9-11/h8,10-13,15H,2-7,9,16H2,1H3. The number of hydrogen-bond acceptors (Lipinski definition) is 4. The highest BCUT2D eigenvalue weighted by atomic mass is 32.2. The fourth-order valence-corrected chi connectivity index (χ4v) is 4.65. The van der Waals surface area contributed by atoms with E-state index in [0.717, 1.165) is 24.9 Å². The van der Waals surface area contributed by atoms with Gasteiger partial charge in [0.25, 0.3) is 0 Å². The van der Waals surface area contributed by atoms with Gasteiger partial charge in [0.05, 0.1) is 24.7 Å². The number of imidazole rings is 1. The summed E-state index contributed by atoms with van der Waals surface area (Å²) in [5.41, 5.74) is 7.66. The fraction of sp³-hybridized carbons (Fsp3) is 0.800. The summed E-state index contributed by atoms with van der Waals surface area (Å²) in [5, 5.41) is 0.811. The van der Waals surface area contributed by atoms with Crippen LogP contribution in [0.2, 0.25) is 0 Å². The van der Waals surface area contributed by atoms with Crippen molar-refractivity contribution < 1.29 is 4.74 Å². The van der Waals surface area contributed by atoms with Crippen molar-refractivity contribution in [1.29, 1.82) is 0 Å². The van der Waals surface area contributed by atoms with E-state index in [1.165, 1.54) is 30.7 Å². The molecule has 20 heavy (non-hydrogen) atoms. The van der Waals surface area contributed by atoms with Crippen LogP contribution in [-0.2, 0) is 4.74 Å². The lowest BCUT2D eigenvalue weighted by molar-refractivity contribution is 0.180. The van der Waals surface area contributed by atoms with Crippen LogP contribution in [0.4, 0.5) is 0 Å². The van der Waals surface area contributed by atoms with E-state index in [1.54, 1.807) is 0 Å². The van der Waals surface area contributed by atoms with Crippen LogP contribution in [0.15, 0.2) is 12.5 Å². The molecule has 3 rings (SSSR count). The molecule has 0 spiro atoms. The van der Waals surface area contributed by atoms with Crippen LogP contribution in [0.3, 0.4) is 0 Å². The highest BCUT2D eigenvalue weighted by Gasteiger charge is 2.31. The predicted molar refractivity (Wildman–Crippen MR) is 82.9 cm³/mol. The van der Waals surface area contributed by atoms with Gasteiger partial charge in [-0.3, -0.25) is 0 Å². The molecule has 0 amide bonds. The Bertz CT molecular complexity index is 431. The molecule has 1 aromatic rings. The Morgan fingerprint density at radius 1 is 1.50 bits per heavy atom. The van der Waals surface area contributed by atoms with Gasteiger partial charge in [0.15, 0.2) is 0 Å². The van der Waals surface area contributed by atoms with Crippen molar-refractivity contribution in [1.82, 2.24) is 9.55 Å². The van der Waals surface area contributed by atoms with Gasteiger partial charge in [-0.15, -0.1) is 0 Å². The maximum Gasteiger partial charge on any atom is 0.0951 e. The van der Waals surface area contributed by atoms with Gasteiger partial charge in [0.2, 0.25) is 0 Å². The second-order valence-electron chi connectivity index (χ2n) is 5.92. The molecule has 5 heteroatoms. The van der Waals surface area contributed by atoms with Crippen LogP contribution in [-0.4, -0.2) is 33.8 Å².